The summed E-state index contributed by atoms with van der Waals surface area (Å²) in [5.74, 6) is 0.670. The summed E-state index contributed by atoms with van der Waals surface area (Å²) in [5.41, 5.74) is 0. The number of aromatic nitrogens is 2. The third kappa shape index (κ3) is 3.97. The van der Waals surface area contributed by atoms with Crippen molar-refractivity contribution >= 4 is 22.1 Å². The molecule has 0 spiro atoms. The average Bonchev–Trinajstić information content (AvgIpc) is 2.68. The Balaban J connectivity index is 1.58. The van der Waals surface area contributed by atoms with E-state index in [0.717, 1.165) is 19.4 Å². The second-order valence-corrected chi connectivity index (χ2v) is 8.99. The molecule has 0 aromatic carbocycles. The highest BCUT2D eigenvalue weighted by Crippen LogP contribution is 2.22. The molecule has 144 valence electrons. The van der Waals surface area contributed by atoms with Gasteiger partial charge in [0, 0.05) is 65.8 Å². The van der Waals surface area contributed by atoms with E-state index in [4.69, 9.17) is 0 Å². The van der Waals surface area contributed by atoms with Crippen LogP contribution in [0, 0.1) is 5.92 Å². The van der Waals surface area contributed by atoms with Crippen LogP contribution in [-0.4, -0.2) is 91.2 Å². The minimum Gasteiger partial charge on any atom is -0.340 e. The van der Waals surface area contributed by atoms with Gasteiger partial charge in [0.15, 0.2) is 0 Å². The standard InChI is InChI=1S/C16H26N6O3S/c1-19(2)26(24,25)22-11-9-20(10-12-22)15(23)14-5-3-8-21(13-14)16-17-6-4-7-18-16/h4,6-7,14H,3,5,8-13H2,1-2H3/t14-/m1/s1. The quantitative estimate of drug-likeness (QED) is 0.707. The van der Waals surface area contributed by atoms with Gasteiger partial charge in [-0.25, -0.2) is 9.97 Å². The highest BCUT2D eigenvalue weighted by Gasteiger charge is 2.34. The summed E-state index contributed by atoms with van der Waals surface area (Å²) in [4.78, 5) is 25.3. The molecule has 1 atom stereocenters. The fraction of sp³-hybridized carbons (Fsp3) is 0.688. The summed E-state index contributed by atoms with van der Waals surface area (Å²) in [6.07, 6.45) is 5.18. The van der Waals surface area contributed by atoms with E-state index in [9.17, 15) is 13.2 Å². The molecule has 0 saturated carbocycles. The minimum absolute atomic E-state index is 0.0930. The monoisotopic (exact) mass is 382 g/mol. The minimum atomic E-state index is -3.41. The molecule has 26 heavy (non-hydrogen) atoms. The fourth-order valence-electron chi connectivity index (χ4n) is 3.44. The zero-order valence-corrected chi connectivity index (χ0v) is 16.1. The zero-order chi connectivity index (χ0) is 18.7. The lowest BCUT2D eigenvalue weighted by atomic mass is 9.96. The molecule has 1 aromatic rings. The molecule has 2 aliphatic heterocycles. The maximum absolute atomic E-state index is 12.9. The van der Waals surface area contributed by atoms with E-state index in [0.29, 0.717) is 38.7 Å². The average molecular weight is 382 g/mol. The second kappa shape index (κ2) is 7.85. The van der Waals surface area contributed by atoms with Gasteiger partial charge in [-0.3, -0.25) is 4.79 Å². The molecular weight excluding hydrogens is 356 g/mol. The van der Waals surface area contributed by atoms with Crippen molar-refractivity contribution in [1.82, 2.24) is 23.5 Å². The first-order chi connectivity index (χ1) is 12.4. The lowest BCUT2D eigenvalue weighted by Crippen LogP contribution is -2.55. The van der Waals surface area contributed by atoms with E-state index in [1.54, 1.807) is 23.4 Å². The van der Waals surface area contributed by atoms with Crippen molar-refractivity contribution in [3.8, 4) is 0 Å². The largest absolute Gasteiger partial charge is 0.340 e. The van der Waals surface area contributed by atoms with Gasteiger partial charge < -0.3 is 9.80 Å². The van der Waals surface area contributed by atoms with Crippen LogP contribution < -0.4 is 4.90 Å². The lowest BCUT2D eigenvalue weighted by molar-refractivity contribution is -0.137. The van der Waals surface area contributed by atoms with E-state index in [1.165, 1.54) is 22.7 Å². The van der Waals surface area contributed by atoms with Crippen molar-refractivity contribution in [3.63, 3.8) is 0 Å². The first kappa shape index (κ1) is 19.0. The maximum atomic E-state index is 12.9. The van der Waals surface area contributed by atoms with Gasteiger partial charge in [0.05, 0.1) is 5.92 Å². The zero-order valence-electron chi connectivity index (χ0n) is 15.3. The summed E-state index contributed by atoms with van der Waals surface area (Å²) in [5, 5.41) is 0. The summed E-state index contributed by atoms with van der Waals surface area (Å²) < 4.78 is 27.0. The van der Waals surface area contributed by atoms with E-state index >= 15 is 0 Å². The van der Waals surface area contributed by atoms with Gasteiger partial charge in [0.25, 0.3) is 10.2 Å². The van der Waals surface area contributed by atoms with Crippen LogP contribution in [0.5, 0.6) is 0 Å². The summed E-state index contributed by atoms with van der Waals surface area (Å²) in [7, 11) is -0.369. The topological polar surface area (TPSA) is 90.0 Å². The highest BCUT2D eigenvalue weighted by atomic mass is 32.2. The Kier molecular flexibility index (Phi) is 5.73. The Labute approximate surface area is 154 Å². The van der Waals surface area contributed by atoms with Gasteiger partial charge in [0.1, 0.15) is 0 Å². The number of carbonyl (C=O) groups excluding carboxylic acids is 1. The van der Waals surface area contributed by atoms with Crippen LogP contribution in [0.25, 0.3) is 0 Å². The summed E-state index contributed by atoms with van der Waals surface area (Å²) in [6, 6.07) is 1.78. The molecule has 10 heteroatoms. The Morgan fingerprint density at radius 1 is 1.12 bits per heavy atom. The molecular formula is C16H26N6O3S. The SMILES string of the molecule is CN(C)S(=O)(=O)N1CCN(C(=O)[C@@H]2CCCN(c3ncccn3)C2)CC1. The normalized spacial score (nSPS) is 22.7. The van der Waals surface area contributed by atoms with Gasteiger partial charge in [-0.15, -0.1) is 0 Å². The third-order valence-corrected chi connectivity index (χ3v) is 6.88. The number of carbonyl (C=O) groups is 1. The molecule has 2 aliphatic rings. The van der Waals surface area contributed by atoms with Gasteiger partial charge in [-0.1, -0.05) is 0 Å². The molecule has 0 aliphatic carbocycles. The van der Waals surface area contributed by atoms with Crippen LogP contribution in [0.15, 0.2) is 18.5 Å². The smallest absolute Gasteiger partial charge is 0.281 e. The van der Waals surface area contributed by atoms with Gasteiger partial charge >= 0.3 is 0 Å². The second-order valence-electron chi connectivity index (χ2n) is 6.85. The number of amides is 1. The predicted octanol–water partition coefficient (Wildman–Crippen LogP) is -0.356. The van der Waals surface area contributed by atoms with Crippen LogP contribution in [-0.2, 0) is 15.0 Å². The van der Waals surface area contributed by atoms with Crippen LogP contribution in [0.4, 0.5) is 5.95 Å². The lowest BCUT2D eigenvalue weighted by Gasteiger charge is -2.39. The molecule has 0 radical (unpaired) electrons. The molecule has 0 N–H and O–H groups in total. The van der Waals surface area contributed by atoms with Crippen LogP contribution in [0.2, 0.25) is 0 Å². The van der Waals surface area contributed by atoms with Crippen molar-refractivity contribution in [1.29, 1.82) is 0 Å². The van der Waals surface area contributed by atoms with Crippen LogP contribution in [0.1, 0.15) is 12.8 Å². The Morgan fingerprint density at radius 3 is 2.38 bits per heavy atom. The number of rotatable bonds is 4. The van der Waals surface area contributed by atoms with E-state index in [2.05, 4.69) is 14.9 Å². The van der Waals surface area contributed by atoms with E-state index < -0.39 is 10.2 Å². The number of hydrogen-bond acceptors (Lipinski definition) is 6. The molecule has 3 rings (SSSR count). The first-order valence-electron chi connectivity index (χ1n) is 8.88. The number of anilines is 1. The Bertz CT molecular complexity index is 719. The van der Waals surface area contributed by atoms with Crippen LogP contribution >= 0.6 is 0 Å². The molecule has 1 aromatic heterocycles. The highest BCUT2D eigenvalue weighted by molar-refractivity contribution is 7.86. The van der Waals surface area contributed by atoms with Crippen molar-refractivity contribution in [3.05, 3.63) is 18.5 Å². The molecule has 3 heterocycles. The van der Waals surface area contributed by atoms with Gasteiger partial charge in [-0.2, -0.15) is 17.0 Å². The van der Waals surface area contributed by atoms with Gasteiger partial charge in [-0.05, 0) is 18.9 Å². The predicted molar refractivity (Wildman–Crippen MR) is 97.7 cm³/mol. The number of nitrogens with zero attached hydrogens (tertiary/aromatic N) is 6. The molecule has 2 saturated heterocycles. The van der Waals surface area contributed by atoms with E-state index in [-0.39, 0.29) is 11.8 Å². The van der Waals surface area contributed by atoms with Crippen molar-refractivity contribution in [2.75, 3.05) is 58.3 Å². The molecule has 0 unspecified atom stereocenters. The summed E-state index contributed by atoms with van der Waals surface area (Å²) >= 11 is 0. The molecule has 9 nitrogen and oxygen atoms in total. The molecule has 0 bridgehead atoms. The Hall–Kier alpha value is -1.78. The molecule has 2 fully saturated rings. The van der Waals surface area contributed by atoms with Crippen molar-refractivity contribution < 1.29 is 13.2 Å². The number of hydrogen-bond donors (Lipinski definition) is 0. The van der Waals surface area contributed by atoms with E-state index in [1.807, 2.05) is 0 Å². The third-order valence-electron chi connectivity index (χ3n) is 4.94. The van der Waals surface area contributed by atoms with Crippen LogP contribution in [0.3, 0.4) is 0 Å². The maximum Gasteiger partial charge on any atom is 0.281 e. The fourth-order valence-corrected chi connectivity index (χ4v) is 4.53. The number of piperazine rings is 1. The number of piperidine rings is 1. The Morgan fingerprint density at radius 2 is 1.77 bits per heavy atom. The van der Waals surface area contributed by atoms with Crippen molar-refractivity contribution in [2.45, 2.75) is 12.8 Å². The van der Waals surface area contributed by atoms with Crippen molar-refractivity contribution in [2.24, 2.45) is 5.92 Å². The summed E-state index contributed by atoms with van der Waals surface area (Å²) in [6.45, 7) is 3.01. The first-order valence-corrected chi connectivity index (χ1v) is 10.3. The van der Waals surface area contributed by atoms with Gasteiger partial charge in [0.2, 0.25) is 11.9 Å². The molecule has 1 amide bonds.